The molecule has 0 aliphatic heterocycles. The zero-order valence-electron chi connectivity index (χ0n) is 30.2. The summed E-state index contributed by atoms with van der Waals surface area (Å²) in [6.45, 7) is 17.7. The smallest absolute Gasteiger partial charge is 0.333 e. The molecule has 48 heavy (non-hydrogen) atoms. The first-order chi connectivity index (χ1) is 22.9. The Balaban J connectivity index is 1.97. The fourth-order valence-electron chi connectivity index (χ4n) is 7.18. The molecule has 7 heteroatoms. The lowest BCUT2D eigenvalue weighted by Gasteiger charge is -2.30. The van der Waals surface area contributed by atoms with Crippen LogP contribution in [0.1, 0.15) is 108 Å². The van der Waals surface area contributed by atoms with E-state index in [9.17, 15) is 19.8 Å². The molecule has 2 aromatic rings. The van der Waals surface area contributed by atoms with Gasteiger partial charge in [0.05, 0.1) is 8.07 Å². The van der Waals surface area contributed by atoms with Gasteiger partial charge in [-0.3, -0.25) is 0 Å². The van der Waals surface area contributed by atoms with Crippen LogP contribution in [-0.4, -0.2) is 43.4 Å². The maximum Gasteiger partial charge on any atom is 0.333 e. The molecule has 0 amide bonds. The lowest BCUT2D eigenvalue weighted by molar-refractivity contribution is -0.140. The Morgan fingerprint density at radius 1 is 0.833 bits per heavy atom. The lowest BCUT2D eigenvalue weighted by atomic mass is 9.77. The molecule has 0 spiro atoms. The summed E-state index contributed by atoms with van der Waals surface area (Å²) in [5.74, 6) is 0.437. The fourth-order valence-corrected chi connectivity index (χ4v) is 10.5. The summed E-state index contributed by atoms with van der Waals surface area (Å²) < 4.78 is 11.5. The highest BCUT2D eigenvalue weighted by Gasteiger charge is 2.31. The van der Waals surface area contributed by atoms with Gasteiger partial charge in [-0.05, 0) is 103 Å². The number of carbonyl (C=O) groups excluding carboxylic acids is 2. The molecule has 0 unspecified atom stereocenters. The summed E-state index contributed by atoms with van der Waals surface area (Å²) in [6, 6.07) is 14.1. The average molecular weight is 677 g/mol. The standard InChI is InChI=1S/C41H60O6Si/c1-8-9-10-12-31-14-16-33(17-15-31)34-18-20-35(21-19-34)36-23-37(27-46-40(44)29(2)3)39(38(24-36)28-47-41(45)30(4)5)48(6,7)22-11-13-32(25-42)26-43/h18-21,23-24,31-33,42-43H,2,4,8-17,22,25-28H2,1,3,5-7H3. The minimum Gasteiger partial charge on any atom is -0.457 e. The van der Waals surface area contributed by atoms with Crippen LogP contribution in [0.4, 0.5) is 0 Å². The predicted octanol–water partition coefficient (Wildman–Crippen LogP) is 8.74. The number of aliphatic hydroxyl groups is 2. The highest BCUT2D eigenvalue weighted by Crippen LogP contribution is 2.38. The van der Waals surface area contributed by atoms with Crippen LogP contribution in [-0.2, 0) is 32.3 Å². The van der Waals surface area contributed by atoms with E-state index in [1.165, 1.54) is 56.9 Å². The first kappa shape index (κ1) is 39.4. The molecule has 2 N–H and O–H groups in total. The SMILES string of the molecule is C=C(C)C(=O)OCc1cc(-c2ccc(C3CCC(CCCCC)CC3)cc2)cc(COC(=O)C(=C)C)c1[Si](C)(C)CCCC(CO)CO. The molecule has 1 aliphatic carbocycles. The molecule has 3 rings (SSSR count). The summed E-state index contributed by atoms with van der Waals surface area (Å²) in [5, 5.41) is 20.3. The number of hydrogen-bond donors (Lipinski definition) is 2. The quantitative estimate of drug-likeness (QED) is 0.0669. The van der Waals surface area contributed by atoms with Crippen LogP contribution >= 0.6 is 0 Å². The van der Waals surface area contributed by atoms with Crippen LogP contribution in [0.15, 0.2) is 60.7 Å². The lowest BCUT2D eigenvalue weighted by Crippen LogP contribution is -2.46. The topological polar surface area (TPSA) is 93.1 Å². The Hall–Kier alpha value is -3.00. The molecule has 1 aliphatic rings. The van der Waals surface area contributed by atoms with Crippen molar-refractivity contribution >= 4 is 25.2 Å². The van der Waals surface area contributed by atoms with Crippen LogP contribution in [0.25, 0.3) is 11.1 Å². The maximum atomic E-state index is 12.6. The van der Waals surface area contributed by atoms with Crippen molar-refractivity contribution in [3.63, 3.8) is 0 Å². The summed E-state index contributed by atoms with van der Waals surface area (Å²) in [6.07, 6.45) is 12.0. The molecular formula is C41H60O6Si. The van der Waals surface area contributed by atoms with Gasteiger partial charge in [0.2, 0.25) is 0 Å². The van der Waals surface area contributed by atoms with Crippen LogP contribution in [0.3, 0.4) is 0 Å². The van der Waals surface area contributed by atoms with Crippen LogP contribution in [0.2, 0.25) is 19.1 Å². The van der Waals surface area contributed by atoms with Crippen molar-refractivity contribution in [2.75, 3.05) is 13.2 Å². The van der Waals surface area contributed by atoms with E-state index in [0.29, 0.717) is 23.5 Å². The number of rotatable bonds is 19. The van der Waals surface area contributed by atoms with E-state index in [4.69, 9.17) is 9.47 Å². The number of unbranched alkanes of at least 4 members (excludes halogenated alkanes) is 2. The Bertz CT molecular complexity index is 1310. The Kier molecular flexibility index (Phi) is 15.8. The van der Waals surface area contributed by atoms with Crippen molar-refractivity contribution in [1.82, 2.24) is 0 Å². The number of hydrogen-bond acceptors (Lipinski definition) is 6. The normalized spacial score (nSPS) is 16.5. The van der Waals surface area contributed by atoms with Gasteiger partial charge in [-0.1, -0.05) is 95.6 Å². The second kappa shape index (κ2) is 19.3. The first-order valence-corrected chi connectivity index (χ1v) is 21.2. The Morgan fingerprint density at radius 3 is 1.85 bits per heavy atom. The highest BCUT2D eigenvalue weighted by atomic mass is 28.3. The molecular weight excluding hydrogens is 617 g/mol. The van der Waals surface area contributed by atoms with Crippen molar-refractivity contribution < 1.29 is 29.3 Å². The summed E-state index contributed by atoms with van der Waals surface area (Å²) in [7, 11) is -2.22. The maximum absolute atomic E-state index is 12.6. The molecule has 0 radical (unpaired) electrons. The summed E-state index contributed by atoms with van der Waals surface area (Å²) >= 11 is 0. The highest BCUT2D eigenvalue weighted by molar-refractivity contribution is 6.90. The number of carbonyl (C=O) groups is 2. The Labute approximate surface area is 290 Å². The number of esters is 2. The van der Waals surface area contributed by atoms with E-state index < -0.39 is 20.0 Å². The van der Waals surface area contributed by atoms with E-state index in [1.54, 1.807) is 13.8 Å². The van der Waals surface area contributed by atoms with Gasteiger partial charge < -0.3 is 19.7 Å². The molecule has 0 aromatic heterocycles. The molecule has 2 aromatic carbocycles. The fraction of sp³-hybridized carbons (Fsp3) is 0.561. The van der Waals surface area contributed by atoms with E-state index in [2.05, 4.69) is 69.6 Å². The third-order valence-electron chi connectivity index (χ3n) is 10.1. The molecule has 6 nitrogen and oxygen atoms in total. The molecule has 0 saturated heterocycles. The average Bonchev–Trinajstić information content (AvgIpc) is 3.08. The number of aliphatic hydroxyl groups excluding tert-OH is 2. The van der Waals surface area contributed by atoms with E-state index in [1.807, 2.05) is 0 Å². The van der Waals surface area contributed by atoms with Gasteiger partial charge in [0, 0.05) is 30.3 Å². The van der Waals surface area contributed by atoms with Gasteiger partial charge in [0.15, 0.2) is 0 Å². The van der Waals surface area contributed by atoms with Crippen molar-refractivity contribution in [1.29, 1.82) is 0 Å². The monoisotopic (exact) mass is 676 g/mol. The second-order valence-electron chi connectivity index (χ2n) is 14.7. The molecule has 264 valence electrons. The molecule has 0 atom stereocenters. The molecule has 0 bridgehead atoms. The number of benzene rings is 2. The van der Waals surface area contributed by atoms with Gasteiger partial charge in [-0.2, -0.15) is 0 Å². The van der Waals surface area contributed by atoms with Crippen molar-refractivity contribution in [3.05, 3.63) is 77.4 Å². The third-order valence-corrected chi connectivity index (χ3v) is 13.7. The minimum atomic E-state index is -2.22. The molecule has 0 heterocycles. The van der Waals surface area contributed by atoms with E-state index in [-0.39, 0.29) is 32.3 Å². The van der Waals surface area contributed by atoms with E-state index >= 15 is 0 Å². The third kappa shape index (κ3) is 11.6. The second-order valence-corrected chi connectivity index (χ2v) is 19.5. The Morgan fingerprint density at radius 2 is 1.38 bits per heavy atom. The van der Waals surface area contributed by atoms with Crippen molar-refractivity contribution in [2.24, 2.45) is 11.8 Å². The largest absolute Gasteiger partial charge is 0.457 e. The van der Waals surface area contributed by atoms with E-state index in [0.717, 1.165) is 45.8 Å². The molecule has 1 saturated carbocycles. The van der Waals surface area contributed by atoms with Crippen molar-refractivity contribution in [3.8, 4) is 11.1 Å². The summed E-state index contributed by atoms with van der Waals surface area (Å²) in [5.41, 5.74) is 5.93. The molecule has 1 fully saturated rings. The summed E-state index contributed by atoms with van der Waals surface area (Å²) in [4.78, 5) is 25.1. The zero-order chi connectivity index (χ0) is 35.3. The van der Waals surface area contributed by atoms with Gasteiger partial charge in [-0.25, -0.2) is 9.59 Å². The predicted molar refractivity (Wildman–Crippen MR) is 199 cm³/mol. The van der Waals surface area contributed by atoms with Gasteiger partial charge >= 0.3 is 11.9 Å². The van der Waals surface area contributed by atoms with Crippen LogP contribution in [0, 0.1) is 11.8 Å². The van der Waals surface area contributed by atoms with Crippen LogP contribution < -0.4 is 5.19 Å². The zero-order valence-corrected chi connectivity index (χ0v) is 31.2. The van der Waals surface area contributed by atoms with Gasteiger partial charge in [0.25, 0.3) is 0 Å². The minimum absolute atomic E-state index is 0.0451. The van der Waals surface area contributed by atoms with Gasteiger partial charge in [0.1, 0.15) is 13.2 Å². The van der Waals surface area contributed by atoms with Crippen LogP contribution in [0.5, 0.6) is 0 Å². The van der Waals surface area contributed by atoms with Gasteiger partial charge in [-0.15, -0.1) is 0 Å². The number of ether oxygens (including phenoxy) is 2. The first-order valence-electron chi connectivity index (χ1n) is 18.0. The van der Waals surface area contributed by atoms with Crippen molar-refractivity contribution in [2.45, 2.75) is 123 Å².